The number of rotatable bonds is 2. The number of hydrogen-bond acceptors (Lipinski definition) is 6. The van der Waals surface area contributed by atoms with Gasteiger partial charge in [-0.05, 0) is 30.7 Å². The minimum absolute atomic E-state index is 0.164. The maximum absolute atomic E-state index is 12.6. The Morgan fingerprint density at radius 3 is 2.42 bits per heavy atom. The molecule has 0 radical (unpaired) electrons. The van der Waals surface area contributed by atoms with Gasteiger partial charge < -0.3 is 19.5 Å². The second kappa shape index (κ2) is 10.8. The molecule has 1 aromatic heterocycles. The Kier molecular flexibility index (Phi) is 8.31. The van der Waals surface area contributed by atoms with Crippen molar-refractivity contribution in [1.29, 1.82) is 0 Å². The lowest BCUT2D eigenvalue weighted by molar-refractivity contribution is -0.192. The van der Waals surface area contributed by atoms with Crippen LogP contribution in [0.4, 0.5) is 13.2 Å². The highest BCUT2D eigenvalue weighted by Crippen LogP contribution is 2.28. The average Bonchev–Trinajstić information content (AvgIpc) is 3.20. The summed E-state index contributed by atoms with van der Waals surface area (Å²) < 4.78 is 43.4. The van der Waals surface area contributed by atoms with Crippen molar-refractivity contribution < 1.29 is 37.3 Å². The molecular formula is C20H27F3N2O5S. The fraction of sp³-hybridized carbons (Fsp3) is 0.700. The van der Waals surface area contributed by atoms with Crippen LogP contribution in [0.3, 0.4) is 0 Å². The average molecular weight is 465 g/mol. The number of carbonyl (C=O) groups is 2. The van der Waals surface area contributed by atoms with Crippen LogP contribution in [0, 0.1) is 5.92 Å². The molecule has 0 spiro atoms. The fourth-order valence-corrected chi connectivity index (χ4v) is 4.89. The highest BCUT2D eigenvalue weighted by molar-refractivity contribution is 7.12. The molecule has 1 amide bonds. The monoisotopic (exact) mass is 464 g/mol. The molecule has 3 aliphatic heterocycles. The molecule has 4 rings (SSSR count). The number of likely N-dealkylation sites (tertiary alicyclic amines) is 1. The lowest BCUT2D eigenvalue weighted by atomic mass is 9.92. The molecule has 174 valence electrons. The number of hydrogen-bond donors (Lipinski definition) is 1. The van der Waals surface area contributed by atoms with Crippen molar-refractivity contribution in [3.05, 3.63) is 22.4 Å². The van der Waals surface area contributed by atoms with Gasteiger partial charge in [0.15, 0.2) is 0 Å². The molecule has 4 heterocycles. The zero-order valence-corrected chi connectivity index (χ0v) is 17.9. The number of amides is 1. The van der Waals surface area contributed by atoms with Crippen LogP contribution in [0.15, 0.2) is 17.5 Å². The van der Waals surface area contributed by atoms with E-state index in [9.17, 15) is 18.0 Å². The van der Waals surface area contributed by atoms with Gasteiger partial charge in [0.05, 0.1) is 17.6 Å². The second-order valence-corrected chi connectivity index (χ2v) is 8.78. The summed E-state index contributed by atoms with van der Waals surface area (Å²) >= 11 is 1.53. The van der Waals surface area contributed by atoms with Gasteiger partial charge in [0.2, 0.25) is 0 Å². The van der Waals surface area contributed by atoms with Gasteiger partial charge in [0, 0.05) is 51.4 Å². The summed E-state index contributed by atoms with van der Waals surface area (Å²) in [6, 6.07) is 4.50. The number of thiophene rings is 1. The van der Waals surface area contributed by atoms with Gasteiger partial charge in [-0.15, -0.1) is 11.3 Å². The Hall–Kier alpha value is -1.69. The standard InChI is InChI=1S/C18H26N2O3S.C2HF3O2/c21-18(17-2-1-11-24-17)20-6-3-14-12-19(7-10-23-16(14)13-20)15-4-8-22-9-5-15;3-2(4,5)1(6)7/h1-2,11,14-16H,3-10,12-13H2;(H,6,7)/t14-,16-;/m1./s1. The summed E-state index contributed by atoms with van der Waals surface area (Å²) in [6.07, 6.45) is -1.57. The molecule has 1 aromatic rings. The minimum atomic E-state index is -5.08. The normalized spacial score (nSPS) is 25.7. The van der Waals surface area contributed by atoms with E-state index in [2.05, 4.69) is 4.90 Å². The largest absolute Gasteiger partial charge is 0.490 e. The van der Waals surface area contributed by atoms with Crippen LogP contribution < -0.4 is 0 Å². The van der Waals surface area contributed by atoms with E-state index in [1.165, 1.54) is 11.3 Å². The number of alkyl halides is 3. The predicted octanol–water partition coefficient (Wildman–Crippen LogP) is 2.72. The van der Waals surface area contributed by atoms with Crippen LogP contribution in [0.25, 0.3) is 0 Å². The van der Waals surface area contributed by atoms with E-state index in [1.807, 2.05) is 22.4 Å². The Balaban J connectivity index is 0.000000339. The summed E-state index contributed by atoms with van der Waals surface area (Å²) in [5.74, 6) is -2.05. The summed E-state index contributed by atoms with van der Waals surface area (Å²) in [5.41, 5.74) is 0. The lowest BCUT2D eigenvalue weighted by Gasteiger charge is -2.39. The third-order valence-corrected chi connectivity index (χ3v) is 6.70. The molecule has 0 aliphatic carbocycles. The fourth-order valence-electron chi connectivity index (χ4n) is 4.20. The lowest BCUT2D eigenvalue weighted by Crippen LogP contribution is -2.50. The van der Waals surface area contributed by atoms with Crippen LogP contribution in [-0.4, -0.2) is 91.1 Å². The van der Waals surface area contributed by atoms with E-state index >= 15 is 0 Å². The van der Waals surface area contributed by atoms with Gasteiger partial charge >= 0.3 is 12.1 Å². The summed E-state index contributed by atoms with van der Waals surface area (Å²) in [5, 5.41) is 9.09. The highest BCUT2D eigenvalue weighted by Gasteiger charge is 2.38. The molecule has 0 saturated carbocycles. The molecule has 0 aromatic carbocycles. The van der Waals surface area contributed by atoms with Gasteiger partial charge in [-0.3, -0.25) is 9.69 Å². The summed E-state index contributed by atoms with van der Waals surface area (Å²) in [6.45, 7) is 6.26. The predicted molar refractivity (Wildman–Crippen MR) is 107 cm³/mol. The van der Waals surface area contributed by atoms with Crippen molar-refractivity contribution in [3.63, 3.8) is 0 Å². The molecule has 3 saturated heterocycles. The Labute approximate surface area is 182 Å². The summed E-state index contributed by atoms with van der Waals surface area (Å²) in [4.78, 5) is 26.9. The topological polar surface area (TPSA) is 79.3 Å². The maximum atomic E-state index is 12.6. The van der Waals surface area contributed by atoms with Crippen molar-refractivity contribution in [2.24, 2.45) is 5.92 Å². The first-order valence-corrected chi connectivity index (χ1v) is 11.2. The third-order valence-electron chi connectivity index (χ3n) is 5.84. The van der Waals surface area contributed by atoms with Crippen LogP contribution >= 0.6 is 11.3 Å². The molecule has 31 heavy (non-hydrogen) atoms. The van der Waals surface area contributed by atoms with Crippen LogP contribution in [0.1, 0.15) is 28.9 Å². The molecule has 3 fully saturated rings. The Morgan fingerprint density at radius 2 is 1.81 bits per heavy atom. The van der Waals surface area contributed by atoms with Crippen molar-refractivity contribution in [2.45, 2.75) is 37.6 Å². The highest BCUT2D eigenvalue weighted by atomic mass is 32.1. The van der Waals surface area contributed by atoms with E-state index < -0.39 is 12.1 Å². The van der Waals surface area contributed by atoms with Crippen molar-refractivity contribution >= 4 is 23.2 Å². The smallest absolute Gasteiger partial charge is 0.475 e. The van der Waals surface area contributed by atoms with E-state index in [0.717, 1.165) is 70.1 Å². The van der Waals surface area contributed by atoms with Crippen LogP contribution in [0.2, 0.25) is 0 Å². The van der Waals surface area contributed by atoms with Crippen molar-refractivity contribution in [3.8, 4) is 0 Å². The Morgan fingerprint density at radius 1 is 1.10 bits per heavy atom. The van der Waals surface area contributed by atoms with Crippen molar-refractivity contribution in [1.82, 2.24) is 9.80 Å². The molecule has 3 aliphatic rings. The first kappa shape index (κ1) is 24.0. The van der Waals surface area contributed by atoms with E-state index in [4.69, 9.17) is 19.4 Å². The minimum Gasteiger partial charge on any atom is -0.475 e. The molecule has 0 bridgehead atoms. The zero-order chi connectivity index (χ0) is 22.4. The maximum Gasteiger partial charge on any atom is 0.490 e. The SMILES string of the molecule is O=C(O)C(F)(F)F.O=C(c1cccs1)N1CC[C@@H]2CN(C3CCOCC3)CCO[C@@H]2C1. The quantitative estimate of drug-likeness (QED) is 0.725. The van der Waals surface area contributed by atoms with Crippen LogP contribution in [0.5, 0.6) is 0 Å². The van der Waals surface area contributed by atoms with E-state index in [1.54, 1.807) is 0 Å². The van der Waals surface area contributed by atoms with Crippen molar-refractivity contribution in [2.75, 3.05) is 46.0 Å². The number of nitrogens with zero attached hydrogens (tertiary/aromatic N) is 2. The van der Waals surface area contributed by atoms with Crippen LogP contribution in [-0.2, 0) is 14.3 Å². The zero-order valence-electron chi connectivity index (χ0n) is 17.1. The van der Waals surface area contributed by atoms with E-state index in [0.29, 0.717) is 12.0 Å². The van der Waals surface area contributed by atoms with Gasteiger partial charge in [0.25, 0.3) is 5.91 Å². The third kappa shape index (κ3) is 6.64. The summed E-state index contributed by atoms with van der Waals surface area (Å²) in [7, 11) is 0. The molecule has 7 nitrogen and oxygen atoms in total. The van der Waals surface area contributed by atoms with Gasteiger partial charge in [-0.2, -0.15) is 13.2 Å². The number of carboxylic acid groups (broad SMARTS) is 1. The second-order valence-electron chi connectivity index (χ2n) is 7.83. The Bertz CT molecular complexity index is 725. The number of ether oxygens (including phenoxy) is 2. The van der Waals surface area contributed by atoms with Gasteiger partial charge in [-0.1, -0.05) is 6.07 Å². The molecule has 0 unspecified atom stereocenters. The number of carboxylic acids is 1. The van der Waals surface area contributed by atoms with Gasteiger partial charge in [-0.25, -0.2) is 4.79 Å². The first-order valence-electron chi connectivity index (χ1n) is 10.3. The molecule has 1 N–H and O–H groups in total. The van der Waals surface area contributed by atoms with Gasteiger partial charge in [0.1, 0.15) is 0 Å². The number of carbonyl (C=O) groups excluding carboxylic acids is 1. The molecule has 2 atom stereocenters. The number of piperidine rings is 1. The number of aliphatic carboxylic acids is 1. The number of halogens is 3. The van der Waals surface area contributed by atoms with E-state index in [-0.39, 0.29) is 12.0 Å². The number of fused-ring (bicyclic) bond motifs is 1. The molecular weight excluding hydrogens is 437 g/mol. The first-order chi connectivity index (χ1) is 14.8. The molecule has 11 heteroatoms.